The van der Waals surface area contributed by atoms with Crippen LogP contribution in [0.4, 0.5) is 0 Å². The molecule has 4 heteroatoms. The molecule has 0 aromatic carbocycles. The molecule has 2 aliphatic heterocycles. The molecule has 20 heavy (non-hydrogen) atoms. The Morgan fingerprint density at radius 3 is 2.35 bits per heavy atom. The lowest BCUT2D eigenvalue weighted by molar-refractivity contribution is -0.00264. The molecule has 0 aromatic rings. The van der Waals surface area contributed by atoms with Crippen molar-refractivity contribution in [3.8, 4) is 0 Å². The molecule has 0 amide bonds. The first-order chi connectivity index (χ1) is 9.46. The Labute approximate surface area is 124 Å². The lowest BCUT2D eigenvalue weighted by Gasteiger charge is -2.32. The summed E-state index contributed by atoms with van der Waals surface area (Å²) in [4.78, 5) is 2.54. The van der Waals surface area contributed by atoms with Gasteiger partial charge in [0.1, 0.15) is 0 Å². The van der Waals surface area contributed by atoms with Crippen LogP contribution in [0.5, 0.6) is 0 Å². The zero-order chi connectivity index (χ0) is 14.6. The van der Waals surface area contributed by atoms with Gasteiger partial charge in [-0.25, -0.2) is 0 Å². The van der Waals surface area contributed by atoms with E-state index in [1.807, 2.05) is 7.11 Å². The summed E-state index contributed by atoms with van der Waals surface area (Å²) in [6.07, 6.45) is 6.04. The second-order valence-electron chi connectivity index (χ2n) is 7.32. The van der Waals surface area contributed by atoms with E-state index >= 15 is 0 Å². The molecule has 4 nitrogen and oxygen atoms in total. The third kappa shape index (κ3) is 5.32. The quantitative estimate of drug-likeness (QED) is 0.837. The van der Waals surface area contributed by atoms with Crippen molar-refractivity contribution in [2.75, 3.05) is 33.3 Å². The third-order valence-electron chi connectivity index (χ3n) is 4.39. The fourth-order valence-electron chi connectivity index (χ4n) is 3.10. The molecule has 118 valence electrons. The molecule has 2 heterocycles. The number of likely N-dealkylation sites (tertiary alicyclic amines) is 1. The highest BCUT2D eigenvalue weighted by atomic mass is 16.5. The highest BCUT2D eigenvalue weighted by molar-refractivity contribution is 4.82. The van der Waals surface area contributed by atoms with Crippen molar-refractivity contribution in [2.24, 2.45) is 0 Å². The van der Waals surface area contributed by atoms with E-state index in [2.05, 4.69) is 31.0 Å². The van der Waals surface area contributed by atoms with E-state index in [9.17, 15) is 0 Å². The summed E-state index contributed by atoms with van der Waals surface area (Å²) in [5.41, 5.74) is 0.184. The number of piperidine rings is 1. The number of nitrogens with one attached hydrogen (secondary N) is 1. The molecular weight excluding hydrogens is 252 g/mol. The molecule has 2 saturated heterocycles. The van der Waals surface area contributed by atoms with E-state index in [0.717, 1.165) is 39.0 Å². The highest BCUT2D eigenvalue weighted by Gasteiger charge is 2.29. The molecule has 0 radical (unpaired) electrons. The Bertz CT molecular complexity index is 283. The van der Waals surface area contributed by atoms with Gasteiger partial charge in [0.05, 0.1) is 18.3 Å². The van der Waals surface area contributed by atoms with E-state index in [1.165, 1.54) is 12.8 Å². The fourth-order valence-corrected chi connectivity index (χ4v) is 3.10. The normalized spacial score (nSPS) is 30.0. The Morgan fingerprint density at radius 2 is 1.75 bits per heavy atom. The molecule has 2 unspecified atom stereocenters. The van der Waals surface area contributed by atoms with Crippen LogP contribution in [0, 0.1) is 0 Å². The minimum absolute atomic E-state index is 0.184. The average Bonchev–Trinajstić information content (AvgIpc) is 2.84. The first kappa shape index (κ1) is 16.2. The van der Waals surface area contributed by atoms with Gasteiger partial charge < -0.3 is 19.7 Å². The molecule has 0 aromatic heterocycles. The van der Waals surface area contributed by atoms with E-state index in [4.69, 9.17) is 9.47 Å². The van der Waals surface area contributed by atoms with Crippen molar-refractivity contribution in [3.05, 3.63) is 0 Å². The molecule has 2 aliphatic rings. The van der Waals surface area contributed by atoms with E-state index in [0.29, 0.717) is 18.3 Å². The predicted octanol–water partition coefficient (Wildman–Crippen LogP) is 2.03. The molecule has 2 rings (SSSR count). The zero-order valence-corrected chi connectivity index (χ0v) is 13.7. The van der Waals surface area contributed by atoms with E-state index in [1.54, 1.807) is 0 Å². The van der Waals surface area contributed by atoms with Gasteiger partial charge in [-0.15, -0.1) is 0 Å². The van der Waals surface area contributed by atoms with Crippen molar-refractivity contribution in [2.45, 2.75) is 70.3 Å². The molecule has 0 saturated carbocycles. The summed E-state index contributed by atoms with van der Waals surface area (Å²) >= 11 is 0. The Kier molecular flexibility index (Phi) is 5.84. The maximum atomic E-state index is 6.18. The second-order valence-corrected chi connectivity index (χ2v) is 7.32. The first-order valence-electron chi connectivity index (χ1n) is 8.12. The fraction of sp³-hybridized carbons (Fsp3) is 1.00. The van der Waals surface area contributed by atoms with Crippen LogP contribution in [0.3, 0.4) is 0 Å². The van der Waals surface area contributed by atoms with E-state index < -0.39 is 0 Å². The van der Waals surface area contributed by atoms with E-state index in [-0.39, 0.29) is 5.54 Å². The average molecular weight is 284 g/mol. The number of ether oxygens (including phenoxy) is 2. The van der Waals surface area contributed by atoms with Crippen LogP contribution >= 0.6 is 0 Å². The first-order valence-corrected chi connectivity index (χ1v) is 8.12. The van der Waals surface area contributed by atoms with Gasteiger partial charge in [0.15, 0.2) is 0 Å². The van der Waals surface area contributed by atoms with Crippen LogP contribution < -0.4 is 5.32 Å². The van der Waals surface area contributed by atoms with Crippen molar-refractivity contribution < 1.29 is 9.47 Å². The molecule has 0 aliphatic carbocycles. The van der Waals surface area contributed by atoms with Gasteiger partial charge >= 0.3 is 0 Å². The second kappa shape index (κ2) is 7.21. The summed E-state index contributed by atoms with van der Waals surface area (Å²) in [5.74, 6) is 0. The number of hydrogen-bond donors (Lipinski definition) is 1. The molecule has 1 N–H and O–H groups in total. The van der Waals surface area contributed by atoms with Crippen molar-refractivity contribution in [3.63, 3.8) is 0 Å². The predicted molar refractivity (Wildman–Crippen MR) is 82.1 cm³/mol. The van der Waals surface area contributed by atoms with Crippen LogP contribution in [-0.4, -0.2) is 62.0 Å². The molecule has 0 spiro atoms. The summed E-state index contributed by atoms with van der Waals surface area (Å²) in [6.45, 7) is 11.0. The summed E-state index contributed by atoms with van der Waals surface area (Å²) < 4.78 is 11.6. The monoisotopic (exact) mass is 284 g/mol. The Balaban J connectivity index is 1.64. The number of methoxy groups -OCH3 is 1. The van der Waals surface area contributed by atoms with Crippen molar-refractivity contribution >= 4 is 0 Å². The topological polar surface area (TPSA) is 33.7 Å². The standard InChI is InChI=1S/C16H32N2O2/c1-16(2,3)17-11-14-5-6-15(20-14)12-18-9-7-13(19-4)8-10-18/h13-15,17H,5-12H2,1-4H3. The van der Waals surface area contributed by atoms with Crippen LogP contribution in [0.2, 0.25) is 0 Å². The summed E-state index contributed by atoms with van der Waals surface area (Å²) in [6, 6.07) is 0. The van der Waals surface area contributed by atoms with Gasteiger partial charge in [0, 0.05) is 38.8 Å². The SMILES string of the molecule is COC1CCN(CC2CCC(CNC(C)(C)C)O2)CC1. The minimum atomic E-state index is 0.184. The molecular formula is C16H32N2O2. The Hall–Kier alpha value is -0.160. The van der Waals surface area contributed by atoms with Gasteiger partial charge in [-0.1, -0.05) is 0 Å². The van der Waals surface area contributed by atoms with Crippen molar-refractivity contribution in [1.29, 1.82) is 0 Å². The van der Waals surface area contributed by atoms with Crippen LogP contribution in [-0.2, 0) is 9.47 Å². The van der Waals surface area contributed by atoms with Gasteiger partial charge in [-0.05, 0) is 46.5 Å². The largest absolute Gasteiger partial charge is 0.381 e. The summed E-state index contributed by atoms with van der Waals surface area (Å²) in [5, 5.41) is 3.55. The van der Waals surface area contributed by atoms with Crippen LogP contribution in [0.25, 0.3) is 0 Å². The maximum Gasteiger partial charge on any atom is 0.0707 e. The molecule has 2 fully saturated rings. The zero-order valence-electron chi connectivity index (χ0n) is 13.7. The number of rotatable bonds is 5. The third-order valence-corrected chi connectivity index (χ3v) is 4.39. The van der Waals surface area contributed by atoms with Gasteiger partial charge in [0.2, 0.25) is 0 Å². The number of hydrogen-bond acceptors (Lipinski definition) is 4. The molecule has 0 bridgehead atoms. The smallest absolute Gasteiger partial charge is 0.0707 e. The van der Waals surface area contributed by atoms with Crippen LogP contribution in [0.1, 0.15) is 46.5 Å². The lowest BCUT2D eigenvalue weighted by atomic mass is 10.1. The summed E-state index contributed by atoms with van der Waals surface area (Å²) in [7, 11) is 1.83. The number of nitrogens with zero attached hydrogens (tertiary/aromatic N) is 1. The van der Waals surface area contributed by atoms with Gasteiger partial charge in [-0.2, -0.15) is 0 Å². The van der Waals surface area contributed by atoms with Crippen molar-refractivity contribution in [1.82, 2.24) is 10.2 Å². The maximum absolute atomic E-state index is 6.18. The van der Waals surface area contributed by atoms with Gasteiger partial charge in [-0.3, -0.25) is 0 Å². The molecule has 2 atom stereocenters. The van der Waals surface area contributed by atoms with Crippen LogP contribution in [0.15, 0.2) is 0 Å². The lowest BCUT2D eigenvalue weighted by Crippen LogP contribution is -2.42. The Morgan fingerprint density at radius 1 is 1.10 bits per heavy atom. The highest BCUT2D eigenvalue weighted by Crippen LogP contribution is 2.22. The minimum Gasteiger partial charge on any atom is -0.381 e. The van der Waals surface area contributed by atoms with Gasteiger partial charge in [0.25, 0.3) is 0 Å².